The van der Waals surface area contributed by atoms with Crippen molar-refractivity contribution in [1.29, 1.82) is 0 Å². The minimum Gasteiger partial charge on any atom is -0.481 e. The maximum Gasteiger partial charge on any atom is 0.317 e. The van der Waals surface area contributed by atoms with Gasteiger partial charge in [-0.2, -0.15) is 0 Å². The molecule has 0 aromatic rings. The number of likely N-dealkylation sites (tertiary alicyclic amines) is 1. The molecule has 4 rings (SSSR count). The molecule has 24 heavy (non-hydrogen) atoms. The highest BCUT2D eigenvalue weighted by atomic mass is 16.5. The Balaban J connectivity index is 1.30. The van der Waals surface area contributed by atoms with Crippen LogP contribution < -0.4 is 5.32 Å². The van der Waals surface area contributed by atoms with Crippen LogP contribution in [0.1, 0.15) is 51.4 Å². The highest BCUT2D eigenvalue weighted by Gasteiger charge is 2.55. The van der Waals surface area contributed by atoms with Crippen LogP contribution in [-0.2, 0) is 9.53 Å². The number of urea groups is 1. The molecule has 2 saturated heterocycles. The molecule has 2 N–H and O–H groups in total. The van der Waals surface area contributed by atoms with Crippen molar-refractivity contribution in [2.75, 3.05) is 26.2 Å². The van der Waals surface area contributed by atoms with E-state index in [1.807, 2.05) is 0 Å². The number of hydrogen-bond acceptors (Lipinski definition) is 3. The third-order valence-electron chi connectivity index (χ3n) is 6.99. The fourth-order valence-electron chi connectivity index (χ4n) is 5.36. The second-order valence-corrected chi connectivity index (χ2v) is 8.36. The first-order valence-corrected chi connectivity index (χ1v) is 9.43. The molecule has 4 fully saturated rings. The van der Waals surface area contributed by atoms with Crippen LogP contribution in [0, 0.1) is 17.3 Å². The van der Waals surface area contributed by atoms with E-state index in [2.05, 4.69) is 5.32 Å². The van der Waals surface area contributed by atoms with Gasteiger partial charge in [-0.15, -0.1) is 0 Å². The van der Waals surface area contributed by atoms with Crippen LogP contribution in [0.4, 0.5) is 4.79 Å². The lowest BCUT2D eigenvalue weighted by atomic mass is 9.72. The predicted octanol–water partition coefficient (Wildman–Crippen LogP) is 2.23. The normalized spacial score (nSPS) is 37.1. The molecule has 0 bridgehead atoms. The van der Waals surface area contributed by atoms with Gasteiger partial charge in [-0.05, 0) is 56.8 Å². The van der Waals surface area contributed by atoms with Gasteiger partial charge in [0.15, 0.2) is 0 Å². The van der Waals surface area contributed by atoms with Crippen LogP contribution >= 0.6 is 0 Å². The summed E-state index contributed by atoms with van der Waals surface area (Å²) in [6, 6.07) is -0.0841. The highest BCUT2D eigenvalue weighted by Crippen LogP contribution is 2.49. The van der Waals surface area contributed by atoms with Gasteiger partial charge in [-0.1, -0.05) is 6.42 Å². The van der Waals surface area contributed by atoms with Crippen LogP contribution in [-0.4, -0.2) is 53.8 Å². The molecular weight excluding hydrogens is 308 g/mol. The van der Waals surface area contributed by atoms with Crippen molar-refractivity contribution in [1.82, 2.24) is 10.2 Å². The zero-order valence-corrected chi connectivity index (χ0v) is 14.3. The minimum atomic E-state index is -0.725. The van der Waals surface area contributed by atoms with Crippen molar-refractivity contribution in [2.45, 2.75) is 57.0 Å². The number of fused-ring (bicyclic) bond motifs is 1. The Bertz CT molecular complexity index is 533. The van der Waals surface area contributed by atoms with Crippen LogP contribution in [0.25, 0.3) is 0 Å². The van der Waals surface area contributed by atoms with Crippen LogP contribution in [0.2, 0.25) is 0 Å². The summed E-state index contributed by atoms with van der Waals surface area (Å²) < 4.78 is 5.94. The molecule has 2 heterocycles. The van der Waals surface area contributed by atoms with E-state index >= 15 is 0 Å². The van der Waals surface area contributed by atoms with Crippen molar-refractivity contribution in [3.63, 3.8) is 0 Å². The topological polar surface area (TPSA) is 78.9 Å². The number of ether oxygens (including phenoxy) is 1. The van der Waals surface area contributed by atoms with Crippen molar-refractivity contribution < 1.29 is 19.4 Å². The molecule has 2 aliphatic carbocycles. The van der Waals surface area contributed by atoms with E-state index < -0.39 is 11.4 Å². The predicted molar refractivity (Wildman–Crippen MR) is 87.6 cm³/mol. The first-order chi connectivity index (χ1) is 11.5. The lowest BCUT2D eigenvalue weighted by molar-refractivity contribution is -0.149. The molecule has 134 valence electrons. The van der Waals surface area contributed by atoms with Crippen molar-refractivity contribution in [2.24, 2.45) is 17.3 Å². The summed E-state index contributed by atoms with van der Waals surface area (Å²) in [6.45, 7) is 2.45. The number of amides is 2. The number of nitrogens with one attached hydrogen (secondary N) is 1. The number of nitrogens with zero attached hydrogens (tertiary/aromatic N) is 1. The SMILES string of the molecule is O=C(NCC1CCOC2(CCC2)C1)N1C[C@@H]2CCC[C@@]2(C(=O)O)C1. The number of carbonyl (C=O) groups excluding carboxylic acids is 1. The molecule has 0 aromatic carbocycles. The van der Waals surface area contributed by atoms with Gasteiger partial charge in [0.2, 0.25) is 0 Å². The van der Waals surface area contributed by atoms with E-state index in [4.69, 9.17) is 4.74 Å². The number of aliphatic carboxylic acids is 1. The average molecular weight is 336 g/mol. The molecule has 2 amide bonds. The van der Waals surface area contributed by atoms with Crippen molar-refractivity contribution in [3.05, 3.63) is 0 Å². The first-order valence-electron chi connectivity index (χ1n) is 9.43. The van der Waals surface area contributed by atoms with E-state index in [0.29, 0.717) is 32.0 Å². The third kappa shape index (κ3) is 2.59. The fraction of sp³-hybridized carbons (Fsp3) is 0.889. The fourth-order valence-corrected chi connectivity index (χ4v) is 5.36. The van der Waals surface area contributed by atoms with E-state index in [9.17, 15) is 14.7 Å². The van der Waals surface area contributed by atoms with Crippen molar-refractivity contribution in [3.8, 4) is 0 Å². The Morgan fingerprint density at radius 2 is 2.04 bits per heavy atom. The lowest BCUT2D eigenvalue weighted by Crippen LogP contribution is -2.49. The summed E-state index contributed by atoms with van der Waals surface area (Å²) in [5, 5.41) is 12.7. The Hall–Kier alpha value is -1.30. The lowest BCUT2D eigenvalue weighted by Gasteiger charge is -2.47. The highest BCUT2D eigenvalue weighted by molar-refractivity contribution is 5.80. The molecule has 6 heteroatoms. The van der Waals surface area contributed by atoms with Gasteiger partial charge in [-0.25, -0.2) is 4.79 Å². The Kier molecular flexibility index (Phi) is 3.98. The van der Waals surface area contributed by atoms with Gasteiger partial charge in [0.1, 0.15) is 0 Å². The first kappa shape index (κ1) is 16.2. The third-order valence-corrected chi connectivity index (χ3v) is 6.99. The average Bonchev–Trinajstić information content (AvgIpc) is 3.09. The van der Waals surface area contributed by atoms with Crippen LogP contribution in [0.3, 0.4) is 0 Å². The monoisotopic (exact) mass is 336 g/mol. The second kappa shape index (κ2) is 5.90. The summed E-state index contributed by atoms with van der Waals surface area (Å²) >= 11 is 0. The zero-order chi connectivity index (χ0) is 16.8. The number of carboxylic acid groups (broad SMARTS) is 1. The number of hydrogen-bond donors (Lipinski definition) is 2. The van der Waals surface area contributed by atoms with Gasteiger partial charge in [-0.3, -0.25) is 4.79 Å². The second-order valence-electron chi connectivity index (χ2n) is 8.36. The van der Waals surface area contributed by atoms with Gasteiger partial charge in [0, 0.05) is 26.2 Å². The number of carbonyl (C=O) groups is 2. The minimum absolute atomic E-state index is 0.0841. The zero-order valence-electron chi connectivity index (χ0n) is 14.3. The summed E-state index contributed by atoms with van der Waals surface area (Å²) in [5.41, 5.74) is -0.586. The quantitative estimate of drug-likeness (QED) is 0.828. The molecule has 2 aliphatic heterocycles. The molecule has 2 saturated carbocycles. The summed E-state index contributed by atoms with van der Waals surface area (Å²) in [4.78, 5) is 26.0. The van der Waals surface area contributed by atoms with Crippen molar-refractivity contribution >= 4 is 12.0 Å². The largest absolute Gasteiger partial charge is 0.481 e. The van der Waals surface area contributed by atoms with E-state index in [1.165, 1.54) is 6.42 Å². The van der Waals surface area contributed by atoms with E-state index in [0.717, 1.165) is 45.1 Å². The number of carboxylic acids is 1. The Morgan fingerprint density at radius 3 is 2.71 bits per heavy atom. The van der Waals surface area contributed by atoms with Crippen LogP contribution in [0.5, 0.6) is 0 Å². The summed E-state index contributed by atoms with van der Waals surface area (Å²) in [6.07, 6.45) is 8.23. The molecule has 3 atom stereocenters. The Morgan fingerprint density at radius 1 is 1.21 bits per heavy atom. The maximum atomic E-state index is 12.5. The Labute approximate surface area is 142 Å². The number of rotatable bonds is 3. The van der Waals surface area contributed by atoms with Crippen LogP contribution in [0.15, 0.2) is 0 Å². The maximum absolute atomic E-state index is 12.5. The summed E-state index contributed by atoms with van der Waals surface area (Å²) in [7, 11) is 0. The molecule has 1 unspecified atom stereocenters. The van der Waals surface area contributed by atoms with Gasteiger partial charge >= 0.3 is 12.0 Å². The smallest absolute Gasteiger partial charge is 0.317 e. The molecule has 0 aromatic heterocycles. The molecule has 1 spiro atoms. The molecule has 4 aliphatic rings. The molecule has 6 nitrogen and oxygen atoms in total. The van der Waals surface area contributed by atoms with Gasteiger partial charge in [0.05, 0.1) is 11.0 Å². The van der Waals surface area contributed by atoms with Gasteiger partial charge < -0.3 is 20.1 Å². The molecular formula is C18H28N2O4. The standard InChI is InChI=1S/C18H28N2O4/c21-15(22)18-7-1-3-14(18)11-20(12-18)16(23)19-10-13-4-8-24-17(9-13)5-2-6-17/h13-14H,1-12H2,(H,19,23)(H,21,22)/t13?,14-,18+/m0/s1. The molecule has 0 radical (unpaired) electrons. The van der Waals surface area contributed by atoms with E-state index in [-0.39, 0.29) is 17.6 Å². The summed E-state index contributed by atoms with van der Waals surface area (Å²) in [5.74, 6) is -0.114. The van der Waals surface area contributed by atoms with E-state index in [1.54, 1.807) is 4.90 Å². The van der Waals surface area contributed by atoms with Gasteiger partial charge in [0.25, 0.3) is 0 Å².